The van der Waals surface area contributed by atoms with Gasteiger partial charge in [-0.2, -0.15) is 0 Å². The summed E-state index contributed by atoms with van der Waals surface area (Å²) < 4.78 is 32.8. The van der Waals surface area contributed by atoms with E-state index < -0.39 is 0 Å². The molecule has 4 unspecified atom stereocenters. The van der Waals surface area contributed by atoms with E-state index in [4.69, 9.17) is 28.4 Å². The van der Waals surface area contributed by atoms with Crippen molar-refractivity contribution in [2.24, 2.45) is 0 Å². The number of hydrogen-bond acceptors (Lipinski definition) is 6. The first kappa shape index (κ1) is 20.2. The second-order valence-electron chi connectivity index (χ2n) is 7.51. The van der Waals surface area contributed by atoms with Gasteiger partial charge in [-0.1, -0.05) is 24.3 Å². The zero-order chi connectivity index (χ0) is 20.1. The third-order valence-electron chi connectivity index (χ3n) is 4.60. The summed E-state index contributed by atoms with van der Waals surface area (Å²) in [5.41, 5.74) is 2.46. The number of hydrogen-bond donors (Lipinski definition) is 0. The van der Waals surface area contributed by atoms with Crippen LogP contribution in [0, 0.1) is 0 Å². The monoisotopic (exact) mass is 400 g/mol. The van der Waals surface area contributed by atoms with Crippen LogP contribution in [-0.2, 0) is 25.4 Å². The Morgan fingerprint density at radius 3 is 1.45 bits per heavy atom. The lowest BCUT2D eigenvalue weighted by molar-refractivity contribution is -0.0225. The minimum atomic E-state index is -0.0400. The van der Waals surface area contributed by atoms with E-state index in [2.05, 4.69) is 24.3 Å². The van der Waals surface area contributed by atoms with Crippen LogP contribution in [0.5, 0.6) is 11.5 Å². The molecule has 156 valence electrons. The molecule has 29 heavy (non-hydrogen) atoms. The molecule has 2 fully saturated rings. The summed E-state index contributed by atoms with van der Waals surface area (Å²) in [6.45, 7) is 6.37. The van der Waals surface area contributed by atoms with Gasteiger partial charge in [0.25, 0.3) is 0 Å². The highest BCUT2D eigenvalue weighted by Gasteiger charge is 2.26. The lowest BCUT2D eigenvalue weighted by atomic mass is 10.0. The predicted molar refractivity (Wildman–Crippen MR) is 107 cm³/mol. The van der Waals surface area contributed by atoms with Crippen LogP contribution >= 0.6 is 0 Å². The third-order valence-corrected chi connectivity index (χ3v) is 4.60. The van der Waals surface area contributed by atoms with E-state index in [-0.39, 0.29) is 24.8 Å². The maximum Gasteiger partial charge on any atom is 0.181 e. The molecule has 0 amide bonds. The van der Waals surface area contributed by atoms with E-state index >= 15 is 0 Å². The molecule has 0 bridgehead atoms. The first-order valence-corrected chi connectivity index (χ1v) is 10.1. The Labute approximate surface area is 171 Å². The van der Waals surface area contributed by atoms with Crippen molar-refractivity contribution in [1.82, 2.24) is 0 Å². The Bertz CT molecular complexity index is 686. The van der Waals surface area contributed by atoms with Crippen molar-refractivity contribution in [3.8, 4) is 11.5 Å². The molecule has 2 aromatic rings. The van der Waals surface area contributed by atoms with Crippen molar-refractivity contribution in [3.63, 3.8) is 0 Å². The zero-order valence-electron chi connectivity index (χ0n) is 16.9. The summed E-state index contributed by atoms with van der Waals surface area (Å²) in [4.78, 5) is 0. The Morgan fingerprint density at radius 1 is 0.724 bits per heavy atom. The maximum absolute atomic E-state index is 5.78. The maximum atomic E-state index is 5.78. The molecule has 0 radical (unpaired) electrons. The van der Waals surface area contributed by atoms with Crippen molar-refractivity contribution >= 4 is 0 Å². The first-order valence-electron chi connectivity index (χ1n) is 10.1. The average molecular weight is 400 g/mol. The lowest BCUT2D eigenvalue weighted by Crippen LogP contribution is -2.19. The Balaban J connectivity index is 1.20. The number of benzene rings is 2. The van der Waals surface area contributed by atoms with E-state index in [1.54, 1.807) is 0 Å². The van der Waals surface area contributed by atoms with Crippen LogP contribution in [0.25, 0.3) is 0 Å². The molecule has 2 aromatic carbocycles. The van der Waals surface area contributed by atoms with Crippen LogP contribution in [0.3, 0.4) is 0 Å². The molecule has 2 heterocycles. The molecule has 2 aliphatic heterocycles. The summed E-state index contributed by atoms with van der Waals surface area (Å²) >= 11 is 0. The summed E-state index contributed by atoms with van der Waals surface area (Å²) in [6, 6.07) is 16.4. The molecular weight excluding hydrogens is 372 g/mol. The first-order chi connectivity index (χ1) is 14.1. The SMILES string of the molecule is CC(COc1ccc(Cc2ccc(OCC(C)OC3CO3)cc2)cc1)OC1CO1. The van der Waals surface area contributed by atoms with E-state index in [0.717, 1.165) is 17.9 Å². The highest BCUT2D eigenvalue weighted by atomic mass is 16.8. The highest BCUT2D eigenvalue weighted by Crippen LogP contribution is 2.20. The summed E-state index contributed by atoms with van der Waals surface area (Å²) in [5.74, 6) is 1.69. The summed E-state index contributed by atoms with van der Waals surface area (Å²) in [6.07, 6.45) is 0.806. The van der Waals surface area contributed by atoms with Crippen LogP contribution in [0.4, 0.5) is 0 Å². The van der Waals surface area contributed by atoms with E-state index in [1.165, 1.54) is 11.1 Å². The number of ether oxygens (including phenoxy) is 6. The van der Waals surface area contributed by atoms with Gasteiger partial charge in [0, 0.05) is 0 Å². The number of rotatable bonds is 12. The van der Waals surface area contributed by atoms with Gasteiger partial charge in [0.15, 0.2) is 12.6 Å². The molecule has 4 atom stereocenters. The molecule has 2 saturated heterocycles. The van der Waals surface area contributed by atoms with Crippen molar-refractivity contribution in [2.45, 2.75) is 45.1 Å². The van der Waals surface area contributed by atoms with Gasteiger partial charge in [0.2, 0.25) is 0 Å². The molecule has 0 aromatic heterocycles. The van der Waals surface area contributed by atoms with Crippen LogP contribution in [0.15, 0.2) is 48.5 Å². The second-order valence-corrected chi connectivity index (χ2v) is 7.51. The third kappa shape index (κ3) is 7.01. The van der Waals surface area contributed by atoms with Gasteiger partial charge in [0.05, 0.1) is 12.2 Å². The van der Waals surface area contributed by atoms with Gasteiger partial charge >= 0.3 is 0 Å². The minimum absolute atomic E-state index is 0.0134. The highest BCUT2D eigenvalue weighted by molar-refractivity contribution is 5.34. The molecular formula is C23H28O6. The molecule has 6 nitrogen and oxygen atoms in total. The number of epoxide rings is 2. The zero-order valence-corrected chi connectivity index (χ0v) is 16.9. The molecule has 0 N–H and O–H groups in total. The lowest BCUT2D eigenvalue weighted by Gasteiger charge is -2.13. The van der Waals surface area contributed by atoms with E-state index in [1.807, 2.05) is 38.1 Å². The van der Waals surface area contributed by atoms with Crippen LogP contribution in [0.1, 0.15) is 25.0 Å². The van der Waals surface area contributed by atoms with Gasteiger partial charge in [0.1, 0.15) is 37.9 Å². The van der Waals surface area contributed by atoms with Gasteiger partial charge < -0.3 is 28.4 Å². The molecule has 6 heteroatoms. The standard InChI is InChI=1S/C23H28O6/c1-16(28-22-14-26-22)12-24-20-7-3-18(4-8-20)11-19-5-9-21(10-6-19)25-13-17(2)29-23-15-27-23/h3-10,16-17,22-23H,11-15H2,1-2H3. The van der Waals surface area contributed by atoms with Crippen LogP contribution < -0.4 is 9.47 Å². The molecule has 0 saturated carbocycles. The van der Waals surface area contributed by atoms with Crippen LogP contribution in [-0.4, -0.2) is 51.2 Å². The predicted octanol–water partition coefficient (Wildman–Crippen LogP) is 3.56. The molecule has 4 rings (SSSR count). The molecule has 0 aliphatic carbocycles. The normalized spacial score (nSPS) is 22.0. The summed E-state index contributed by atoms with van der Waals surface area (Å²) in [7, 11) is 0. The second kappa shape index (κ2) is 9.59. The van der Waals surface area contributed by atoms with E-state index in [0.29, 0.717) is 26.4 Å². The van der Waals surface area contributed by atoms with Gasteiger partial charge in [-0.3, -0.25) is 0 Å². The van der Waals surface area contributed by atoms with E-state index in [9.17, 15) is 0 Å². The summed E-state index contributed by atoms with van der Waals surface area (Å²) in [5, 5.41) is 0. The smallest absolute Gasteiger partial charge is 0.181 e. The molecule has 2 aliphatic rings. The van der Waals surface area contributed by atoms with Crippen LogP contribution in [0.2, 0.25) is 0 Å². The Kier molecular flexibility index (Phi) is 6.67. The van der Waals surface area contributed by atoms with Crippen molar-refractivity contribution < 1.29 is 28.4 Å². The molecule has 0 spiro atoms. The van der Waals surface area contributed by atoms with Gasteiger partial charge in [-0.05, 0) is 55.7 Å². The fourth-order valence-electron chi connectivity index (χ4n) is 2.90. The Hall–Kier alpha value is -2.12. The average Bonchev–Trinajstić information content (AvgIpc) is 3.65. The van der Waals surface area contributed by atoms with Crippen molar-refractivity contribution in [3.05, 3.63) is 59.7 Å². The Morgan fingerprint density at radius 2 is 1.10 bits per heavy atom. The fourth-order valence-corrected chi connectivity index (χ4v) is 2.90. The van der Waals surface area contributed by atoms with Gasteiger partial charge in [-0.25, -0.2) is 0 Å². The largest absolute Gasteiger partial charge is 0.491 e. The quantitative estimate of drug-likeness (QED) is 0.508. The van der Waals surface area contributed by atoms with Crippen molar-refractivity contribution in [2.75, 3.05) is 26.4 Å². The minimum Gasteiger partial charge on any atom is -0.491 e. The topological polar surface area (TPSA) is 62.0 Å². The van der Waals surface area contributed by atoms with Crippen molar-refractivity contribution in [1.29, 1.82) is 0 Å². The fraction of sp³-hybridized carbons (Fsp3) is 0.478. The van der Waals surface area contributed by atoms with Gasteiger partial charge in [-0.15, -0.1) is 0 Å².